The summed E-state index contributed by atoms with van der Waals surface area (Å²) in [5.41, 5.74) is 0.630. The van der Waals surface area contributed by atoms with Crippen molar-refractivity contribution in [1.29, 1.82) is 0 Å². The van der Waals surface area contributed by atoms with Gasteiger partial charge in [0.25, 0.3) is 0 Å². The first-order valence-electron chi connectivity index (χ1n) is 8.27. The number of aromatic nitrogens is 2. The lowest BCUT2D eigenvalue weighted by molar-refractivity contribution is -0.127. The van der Waals surface area contributed by atoms with E-state index >= 15 is 0 Å². The van der Waals surface area contributed by atoms with E-state index < -0.39 is 0 Å². The van der Waals surface area contributed by atoms with Crippen LogP contribution in [0, 0.1) is 5.92 Å². The Labute approximate surface area is 136 Å². The minimum Gasteiger partial charge on any atom is -0.330 e. The van der Waals surface area contributed by atoms with E-state index in [2.05, 4.69) is 16.8 Å². The lowest BCUT2D eigenvalue weighted by atomic mass is 10.2. The van der Waals surface area contributed by atoms with E-state index in [-0.39, 0.29) is 11.7 Å². The van der Waals surface area contributed by atoms with Crippen LogP contribution in [0.3, 0.4) is 0 Å². The van der Waals surface area contributed by atoms with Crippen molar-refractivity contribution in [2.75, 3.05) is 26.2 Å². The number of imidazole rings is 1. The fraction of sp³-hybridized carbons (Fsp3) is 0.588. The van der Waals surface area contributed by atoms with Gasteiger partial charge in [0.15, 0.2) is 5.78 Å². The van der Waals surface area contributed by atoms with Crippen molar-refractivity contribution in [2.45, 2.75) is 33.4 Å². The monoisotopic (exact) mass is 316 g/mol. The molecule has 2 aliphatic rings. The van der Waals surface area contributed by atoms with Gasteiger partial charge in [-0.15, -0.1) is 0 Å². The molecule has 3 rings (SSSR count). The number of carbonyl (C=O) groups is 2. The smallest absolute Gasteiger partial charge is 0.246 e. The predicted molar refractivity (Wildman–Crippen MR) is 87.0 cm³/mol. The maximum Gasteiger partial charge on any atom is 0.246 e. The molecule has 1 saturated heterocycles. The van der Waals surface area contributed by atoms with Gasteiger partial charge in [-0.05, 0) is 18.9 Å². The van der Waals surface area contributed by atoms with Gasteiger partial charge in [0.2, 0.25) is 5.91 Å². The summed E-state index contributed by atoms with van der Waals surface area (Å²) in [5.74, 6) is 1.59. The van der Waals surface area contributed by atoms with Gasteiger partial charge in [0, 0.05) is 39.2 Å². The highest BCUT2D eigenvalue weighted by Gasteiger charge is 2.23. The number of hydrogen-bond donors (Lipinski definition) is 0. The summed E-state index contributed by atoms with van der Waals surface area (Å²) in [6.45, 7) is 8.61. The first kappa shape index (κ1) is 15.9. The lowest BCUT2D eigenvalue weighted by Gasteiger charge is -2.27. The van der Waals surface area contributed by atoms with Gasteiger partial charge in [-0.25, -0.2) is 4.98 Å². The van der Waals surface area contributed by atoms with Gasteiger partial charge in [-0.3, -0.25) is 14.5 Å². The highest BCUT2D eigenvalue weighted by atomic mass is 16.2. The van der Waals surface area contributed by atoms with Crippen LogP contribution in [-0.4, -0.2) is 57.2 Å². The van der Waals surface area contributed by atoms with Crippen LogP contribution in [-0.2, 0) is 17.9 Å². The van der Waals surface area contributed by atoms with Crippen LogP contribution in [0.2, 0.25) is 0 Å². The maximum atomic E-state index is 12.3. The van der Waals surface area contributed by atoms with Crippen molar-refractivity contribution >= 4 is 11.7 Å². The van der Waals surface area contributed by atoms with Gasteiger partial charge in [-0.1, -0.05) is 13.0 Å². The number of ketones is 1. The van der Waals surface area contributed by atoms with Crippen molar-refractivity contribution in [3.63, 3.8) is 0 Å². The first-order valence-corrected chi connectivity index (χ1v) is 8.27. The van der Waals surface area contributed by atoms with E-state index in [0.717, 1.165) is 31.4 Å². The maximum absolute atomic E-state index is 12.3. The predicted octanol–water partition coefficient (Wildman–Crippen LogP) is 1.33. The van der Waals surface area contributed by atoms with Gasteiger partial charge in [0.05, 0.1) is 12.7 Å². The number of Topliss-reactive ketones (excluding diaryl/α,β-unsaturated/α-hetero) is 1. The zero-order valence-electron chi connectivity index (χ0n) is 13.9. The molecule has 2 aliphatic heterocycles. The Hall–Kier alpha value is -1.95. The Balaban J connectivity index is 1.55. The molecule has 6 heteroatoms. The second-order valence-electron chi connectivity index (χ2n) is 6.58. The van der Waals surface area contributed by atoms with Crippen LogP contribution in [0.15, 0.2) is 18.3 Å². The quantitative estimate of drug-likeness (QED) is 0.621. The van der Waals surface area contributed by atoms with Crippen molar-refractivity contribution in [3.05, 3.63) is 29.9 Å². The van der Waals surface area contributed by atoms with Crippen molar-refractivity contribution in [2.24, 2.45) is 5.92 Å². The molecule has 1 aromatic heterocycles. The molecule has 3 heterocycles. The number of carbonyl (C=O) groups excluding carboxylic acids is 2. The summed E-state index contributed by atoms with van der Waals surface area (Å²) >= 11 is 0. The van der Waals surface area contributed by atoms with Gasteiger partial charge in [0.1, 0.15) is 11.5 Å². The van der Waals surface area contributed by atoms with E-state index in [4.69, 9.17) is 0 Å². The summed E-state index contributed by atoms with van der Waals surface area (Å²) in [6, 6.07) is 0. The lowest BCUT2D eigenvalue weighted by Crippen LogP contribution is -2.38. The zero-order chi connectivity index (χ0) is 16.4. The van der Waals surface area contributed by atoms with E-state index in [1.807, 2.05) is 10.6 Å². The van der Waals surface area contributed by atoms with Crippen LogP contribution in [0.4, 0.5) is 0 Å². The fourth-order valence-corrected chi connectivity index (χ4v) is 3.33. The number of fused-ring (bicyclic) bond motifs is 1. The largest absolute Gasteiger partial charge is 0.330 e. The molecule has 0 aromatic carbocycles. The van der Waals surface area contributed by atoms with Crippen LogP contribution in [0.1, 0.15) is 36.6 Å². The van der Waals surface area contributed by atoms with Gasteiger partial charge in [-0.2, -0.15) is 0 Å². The normalized spacial score (nSPS) is 21.8. The Morgan fingerprint density at radius 1 is 1.35 bits per heavy atom. The minimum absolute atomic E-state index is 0.0169. The topological polar surface area (TPSA) is 58.4 Å². The van der Waals surface area contributed by atoms with Gasteiger partial charge >= 0.3 is 0 Å². The zero-order valence-corrected chi connectivity index (χ0v) is 13.9. The molecule has 0 saturated carbocycles. The van der Waals surface area contributed by atoms with Crippen molar-refractivity contribution < 1.29 is 9.59 Å². The molecule has 0 aliphatic carbocycles. The molecule has 0 unspecified atom stereocenters. The Morgan fingerprint density at radius 3 is 2.87 bits per heavy atom. The molecule has 0 spiro atoms. The number of nitrogens with zero attached hydrogens (tertiary/aromatic N) is 4. The fourth-order valence-electron chi connectivity index (χ4n) is 3.33. The third-order valence-corrected chi connectivity index (χ3v) is 4.67. The molecule has 1 fully saturated rings. The SMILES string of the molecule is CC(=O)c1cnc2n1CCN(C(=O)/C=C/CN1CC[C@H](C)C1)C2. The number of rotatable bonds is 4. The standard InChI is InChI=1S/C17H24N4O2/c1-13-5-7-19(11-13)6-3-4-17(23)20-8-9-21-15(14(2)22)10-18-16(21)12-20/h3-4,10,13H,5-9,11-12H2,1-2H3/b4-3+/t13-/m0/s1. The molecular formula is C17H24N4O2. The third kappa shape index (κ3) is 3.52. The summed E-state index contributed by atoms with van der Waals surface area (Å²) in [5, 5.41) is 0. The van der Waals surface area contributed by atoms with Gasteiger partial charge < -0.3 is 9.47 Å². The van der Waals surface area contributed by atoms with E-state index in [1.165, 1.54) is 6.42 Å². The highest BCUT2D eigenvalue weighted by Crippen LogP contribution is 2.16. The molecule has 23 heavy (non-hydrogen) atoms. The second-order valence-corrected chi connectivity index (χ2v) is 6.58. The minimum atomic E-state index is 0.0169. The van der Waals surface area contributed by atoms with Crippen molar-refractivity contribution in [1.82, 2.24) is 19.4 Å². The first-order chi connectivity index (χ1) is 11.0. The summed E-state index contributed by atoms with van der Waals surface area (Å²) in [4.78, 5) is 32.3. The van der Waals surface area contributed by atoms with Crippen LogP contribution in [0.5, 0.6) is 0 Å². The third-order valence-electron chi connectivity index (χ3n) is 4.67. The average Bonchev–Trinajstić information content (AvgIpc) is 3.12. The highest BCUT2D eigenvalue weighted by molar-refractivity contribution is 5.92. The number of amides is 1. The molecule has 124 valence electrons. The molecule has 0 bridgehead atoms. The molecule has 0 N–H and O–H groups in total. The van der Waals surface area contributed by atoms with Crippen molar-refractivity contribution in [3.8, 4) is 0 Å². The van der Waals surface area contributed by atoms with E-state index in [1.54, 1.807) is 24.1 Å². The van der Waals surface area contributed by atoms with Crippen LogP contribution < -0.4 is 0 Å². The second kappa shape index (κ2) is 6.66. The summed E-state index contributed by atoms with van der Waals surface area (Å²) in [6.07, 6.45) is 6.49. The molecule has 1 aromatic rings. The molecule has 1 atom stereocenters. The Morgan fingerprint density at radius 2 is 2.17 bits per heavy atom. The molecular weight excluding hydrogens is 292 g/mol. The molecule has 6 nitrogen and oxygen atoms in total. The molecule has 1 amide bonds. The average molecular weight is 316 g/mol. The summed E-state index contributed by atoms with van der Waals surface area (Å²) < 4.78 is 1.92. The van der Waals surface area contributed by atoms with E-state index in [9.17, 15) is 9.59 Å². The number of likely N-dealkylation sites (tertiary alicyclic amines) is 1. The van der Waals surface area contributed by atoms with Crippen LogP contribution >= 0.6 is 0 Å². The molecule has 0 radical (unpaired) electrons. The summed E-state index contributed by atoms with van der Waals surface area (Å²) in [7, 11) is 0. The Bertz CT molecular complexity index is 635. The van der Waals surface area contributed by atoms with E-state index in [0.29, 0.717) is 25.3 Å². The number of hydrogen-bond acceptors (Lipinski definition) is 4. The Kier molecular flexibility index (Phi) is 4.61. The van der Waals surface area contributed by atoms with Crippen LogP contribution in [0.25, 0.3) is 0 Å².